The molecule has 0 spiro atoms. The first-order valence-electron chi connectivity index (χ1n) is 29.7. The van der Waals surface area contributed by atoms with Gasteiger partial charge in [-0.15, -0.1) is 0 Å². The van der Waals surface area contributed by atoms with Crippen molar-refractivity contribution >= 4 is 5.91 Å². The van der Waals surface area contributed by atoms with Crippen LogP contribution in [0, 0.1) is 0 Å². The highest BCUT2D eigenvalue weighted by Crippen LogP contribution is 2.15. The van der Waals surface area contributed by atoms with Gasteiger partial charge < -0.3 is 15.5 Å². The van der Waals surface area contributed by atoms with Crippen LogP contribution >= 0.6 is 0 Å². The third-order valence-corrected chi connectivity index (χ3v) is 12.5. The number of allylic oxidation sites excluding steroid dienone is 25. The average molecular weight is 991 g/mol. The highest BCUT2D eigenvalue weighted by Gasteiger charge is 2.18. The molecule has 0 heterocycles. The van der Waals surface area contributed by atoms with Gasteiger partial charge in [0.15, 0.2) is 0 Å². The predicted molar refractivity (Wildman–Crippen MR) is 321 cm³/mol. The van der Waals surface area contributed by atoms with Gasteiger partial charge in [0.1, 0.15) is 0 Å². The quantitative estimate of drug-likeness (QED) is 0.0420. The molecule has 72 heavy (non-hydrogen) atoms. The molecule has 0 aliphatic heterocycles. The fourth-order valence-corrected chi connectivity index (χ4v) is 8.04. The van der Waals surface area contributed by atoms with Crippen LogP contribution in [0.3, 0.4) is 0 Å². The van der Waals surface area contributed by atoms with E-state index in [0.717, 1.165) is 122 Å². The standard InChI is InChI=1S/C68H111NO3/c1-3-5-7-9-11-13-15-17-19-21-23-24-25-26-27-28-29-30-31-32-33-34-35-36-37-38-39-40-41-42-43-44-46-48-50-52-54-56-58-60-62-64-68(72)69-66(65-70)67(71)63-61-59-57-55-53-51-49-47-45-22-20-18-16-14-12-10-8-6-4-2/h5,7,11,13,17,19,23-24,26-27,29-30,32-33,35-36,38-39,41-42,44,46,50,52,61,63,66-67,70-71H,3-4,6,8-10,12,14-16,18,20-22,25,28,31,34,37,40,43,45,47-49,51,53-60,62,64-65H2,1-2H3,(H,69,72)/b7-5-,13-11-,19-17-,24-23-,27-26-,30-29-,33-32-,36-35-,39-38-,42-41-,46-44-,52-50-,63-61+. The third kappa shape index (κ3) is 56.9. The van der Waals surface area contributed by atoms with Crippen molar-refractivity contribution < 1.29 is 15.0 Å². The maximum atomic E-state index is 12.5. The molecule has 0 aliphatic carbocycles. The molecule has 2 atom stereocenters. The smallest absolute Gasteiger partial charge is 0.220 e. The van der Waals surface area contributed by atoms with Crippen LogP contribution < -0.4 is 5.32 Å². The first-order valence-corrected chi connectivity index (χ1v) is 29.7. The minimum absolute atomic E-state index is 0.0936. The number of nitrogens with one attached hydrogen (secondary N) is 1. The van der Waals surface area contributed by atoms with Crippen LogP contribution in [0.2, 0.25) is 0 Å². The zero-order chi connectivity index (χ0) is 52.0. The SMILES string of the molecule is CC/C=C\C/C=C\C/C=C\C/C=C\C/C=C\C/C=C\C/C=C\C/C=C\C/C=C\C/C=C\C/C=C\C/C=C\CCCCCCC(=O)NC(CO)C(O)/C=C/CCCCCCCCCCCCCCCCCCC. The van der Waals surface area contributed by atoms with E-state index >= 15 is 0 Å². The molecular formula is C68H111NO3. The van der Waals surface area contributed by atoms with E-state index in [4.69, 9.17) is 0 Å². The van der Waals surface area contributed by atoms with Gasteiger partial charge in [-0.05, 0) is 109 Å². The predicted octanol–water partition coefficient (Wildman–Crippen LogP) is 20.1. The van der Waals surface area contributed by atoms with Crippen LogP contribution in [0.5, 0.6) is 0 Å². The monoisotopic (exact) mass is 990 g/mol. The van der Waals surface area contributed by atoms with Gasteiger partial charge in [-0.25, -0.2) is 0 Å². The van der Waals surface area contributed by atoms with Gasteiger partial charge in [-0.3, -0.25) is 4.79 Å². The van der Waals surface area contributed by atoms with Crippen LogP contribution in [0.4, 0.5) is 0 Å². The number of carbonyl (C=O) groups excluding carboxylic acids is 1. The minimum Gasteiger partial charge on any atom is -0.394 e. The van der Waals surface area contributed by atoms with E-state index in [1.165, 1.54) is 103 Å². The first-order chi connectivity index (χ1) is 35.7. The fourth-order valence-electron chi connectivity index (χ4n) is 8.04. The fraction of sp³-hybridized carbons (Fsp3) is 0.603. The Balaban J connectivity index is 3.70. The van der Waals surface area contributed by atoms with Crippen molar-refractivity contribution in [3.63, 3.8) is 0 Å². The van der Waals surface area contributed by atoms with Crippen LogP contribution in [0.1, 0.15) is 245 Å². The van der Waals surface area contributed by atoms with Crippen molar-refractivity contribution in [1.29, 1.82) is 0 Å². The third-order valence-electron chi connectivity index (χ3n) is 12.5. The van der Waals surface area contributed by atoms with E-state index in [1.54, 1.807) is 6.08 Å². The molecule has 0 radical (unpaired) electrons. The van der Waals surface area contributed by atoms with Gasteiger partial charge in [-0.1, -0.05) is 287 Å². The molecule has 0 aromatic carbocycles. The molecule has 2 unspecified atom stereocenters. The lowest BCUT2D eigenvalue weighted by atomic mass is 10.0. The summed E-state index contributed by atoms with van der Waals surface area (Å²) in [6, 6.07) is -0.648. The molecule has 0 rings (SSSR count). The van der Waals surface area contributed by atoms with Gasteiger partial charge in [-0.2, -0.15) is 0 Å². The Morgan fingerprint density at radius 2 is 0.611 bits per heavy atom. The Hall–Kier alpha value is -3.99. The number of rotatable bonds is 52. The number of aliphatic hydroxyl groups excluding tert-OH is 2. The zero-order valence-corrected chi connectivity index (χ0v) is 46.6. The molecule has 0 aliphatic rings. The Bertz CT molecular complexity index is 1540. The van der Waals surface area contributed by atoms with Gasteiger partial charge in [0, 0.05) is 6.42 Å². The van der Waals surface area contributed by atoms with Gasteiger partial charge in [0.25, 0.3) is 0 Å². The second-order valence-electron chi connectivity index (χ2n) is 19.3. The summed E-state index contributed by atoms with van der Waals surface area (Å²) in [7, 11) is 0. The highest BCUT2D eigenvalue weighted by molar-refractivity contribution is 5.76. The van der Waals surface area contributed by atoms with E-state index in [0.29, 0.717) is 6.42 Å². The summed E-state index contributed by atoms with van der Waals surface area (Å²) in [5, 5.41) is 23.1. The van der Waals surface area contributed by atoms with Crippen molar-refractivity contribution in [3.8, 4) is 0 Å². The lowest BCUT2D eigenvalue weighted by molar-refractivity contribution is -0.123. The average Bonchev–Trinajstić information content (AvgIpc) is 3.39. The molecule has 0 aromatic rings. The molecule has 0 fully saturated rings. The number of hydrogen-bond donors (Lipinski definition) is 3. The summed E-state index contributed by atoms with van der Waals surface area (Å²) < 4.78 is 0. The number of carbonyl (C=O) groups is 1. The van der Waals surface area contributed by atoms with E-state index in [1.807, 2.05) is 6.08 Å². The number of hydrogen-bond acceptors (Lipinski definition) is 3. The Labute approximate surface area is 446 Å². The molecule has 0 saturated carbocycles. The molecule has 0 bridgehead atoms. The van der Waals surface area contributed by atoms with Crippen LogP contribution in [0.25, 0.3) is 0 Å². The van der Waals surface area contributed by atoms with E-state index in [9.17, 15) is 15.0 Å². The van der Waals surface area contributed by atoms with Gasteiger partial charge in [0.05, 0.1) is 18.8 Å². The Kier molecular flexibility index (Phi) is 57.9. The van der Waals surface area contributed by atoms with Crippen LogP contribution in [-0.2, 0) is 4.79 Å². The van der Waals surface area contributed by atoms with Gasteiger partial charge >= 0.3 is 0 Å². The van der Waals surface area contributed by atoms with Crippen LogP contribution in [0.15, 0.2) is 158 Å². The lowest BCUT2D eigenvalue weighted by Crippen LogP contribution is -2.45. The number of unbranched alkanes of at least 4 members (excludes halogenated alkanes) is 21. The van der Waals surface area contributed by atoms with E-state index in [-0.39, 0.29) is 12.5 Å². The molecule has 4 heteroatoms. The summed E-state index contributed by atoms with van der Waals surface area (Å²) in [4.78, 5) is 12.5. The lowest BCUT2D eigenvalue weighted by Gasteiger charge is -2.20. The second kappa shape index (κ2) is 61.3. The van der Waals surface area contributed by atoms with Crippen LogP contribution in [-0.4, -0.2) is 34.9 Å². The van der Waals surface area contributed by atoms with Crippen molar-refractivity contribution in [1.82, 2.24) is 5.32 Å². The summed E-state index contributed by atoms with van der Waals surface area (Å²) in [6.07, 6.45) is 98.3. The summed E-state index contributed by atoms with van der Waals surface area (Å²) in [5.41, 5.74) is 0. The molecule has 406 valence electrons. The maximum Gasteiger partial charge on any atom is 0.220 e. The zero-order valence-electron chi connectivity index (χ0n) is 46.6. The number of aliphatic hydroxyl groups is 2. The normalized spacial score (nSPS) is 14.0. The second-order valence-corrected chi connectivity index (χ2v) is 19.3. The summed E-state index contributed by atoms with van der Waals surface area (Å²) in [6.45, 7) is 4.18. The van der Waals surface area contributed by atoms with Crippen molar-refractivity contribution in [2.24, 2.45) is 0 Å². The summed E-state index contributed by atoms with van der Waals surface area (Å²) in [5.74, 6) is -0.0936. The van der Waals surface area contributed by atoms with Crippen molar-refractivity contribution in [2.45, 2.75) is 257 Å². The maximum absolute atomic E-state index is 12.5. The molecule has 0 aromatic heterocycles. The minimum atomic E-state index is -0.862. The van der Waals surface area contributed by atoms with Crippen molar-refractivity contribution in [2.75, 3.05) is 6.61 Å². The molecule has 1 amide bonds. The number of amides is 1. The summed E-state index contributed by atoms with van der Waals surface area (Å²) >= 11 is 0. The molecule has 3 N–H and O–H groups in total. The largest absolute Gasteiger partial charge is 0.394 e. The first kappa shape index (κ1) is 68.0. The van der Waals surface area contributed by atoms with E-state index in [2.05, 4.69) is 165 Å². The Morgan fingerprint density at radius 3 is 0.917 bits per heavy atom. The molecular weight excluding hydrogens is 879 g/mol. The topological polar surface area (TPSA) is 69.6 Å². The highest BCUT2D eigenvalue weighted by atomic mass is 16.3. The molecule has 0 saturated heterocycles. The Morgan fingerprint density at radius 1 is 0.347 bits per heavy atom. The molecule has 4 nitrogen and oxygen atoms in total. The van der Waals surface area contributed by atoms with E-state index < -0.39 is 12.1 Å². The van der Waals surface area contributed by atoms with Gasteiger partial charge in [0.2, 0.25) is 5.91 Å². The van der Waals surface area contributed by atoms with Crippen molar-refractivity contribution in [3.05, 3.63) is 158 Å².